The number of aromatic nitrogens is 1. The standard InChI is InChI=1S/C7H12N6/c1-13(6(8)9)7(10)12-5-3-2-4-11-5/h2-4,11H,1H3,(H3,8,9)(H2,10,12). The van der Waals surface area contributed by atoms with Gasteiger partial charge in [-0.3, -0.25) is 15.7 Å². The molecular weight excluding hydrogens is 168 g/mol. The summed E-state index contributed by atoms with van der Waals surface area (Å²) in [4.78, 5) is 4.09. The molecule has 6 heteroatoms. The van der Waals surface area contributed by atoms with Crippen molar-refractivity contribution >= 4 is 17.7 Å². The molecule has 0 spiro atoms. The smallest absolute Gasteiger partial charge is 0.203 e. The summed E-state index contributed by atoms with van der Waals surface area (Å²) in [5.41, 5.74) is 5.18. The number of hydrogen-bond acceptors (Lipinski definition) is 2. The monoisotopic (exact) mass is 180 g/mol. The fourth-order valence-electron chi connectivity index (χ4n) is 0.740. The van der Waals surface area contributed by atoms with Crippen LogP contribution in [0.2, 0.25) is 0 Å². The van der Waals surface area contributed by atoms with E-state index in [1.807, 2.05) is 6.07 Å². The molecular formula is C7H12N6. The third-order valence-electron chi connectivity index (χ3n) is 1.55. The van der Waals surface area contributed by atoms with Gasteiger partial charge in [0.25, 0.3) is 0 Å². The first-order valence-corrected chi connectivity index (χ1v) is 3.68. The van der Waals surface area contributed by atoms with Crippen LogP contribution in [0.25, 0.3) is 0 Å². The average molecular weight is 180 g/mol. The van der Waals surface area contributed by atoms with E-state index in [9.17, 15) is 0 Å². The summed E-state index contributed by atoms with van der Waals surface area (Å²) >= 11 is 0. The molecule has 1 aromatic heterocycles. The lowest BCUT2D eigenvalue weighted by atomic mass is 10.6. The van der Waals surface area contributed by atoms with Gasteiger partial charge >= 0.3 is 0 Å². The summed E-state index contributed by atoms with van der Waals surface area (Å²) in [5, 5.41) is 17.3. The Kier molecular flexibility index (Phi) is 2.53. The Balaban J connectivity index is 2.56. The van der Waals surface area contributed by atoms with Crippen LogP contribution >= 0.6 is 0 Å². The molecule has 0 aliphatic carbocycles. The molecule has 0 radical (unpaired) electrons. The van der Waals surface area contributed by atoms with Crippen LogP contribution in [-0.2, 0) is 0 Å². The number of rotatable bonds is 1. The Bertz CT molecular complexity index is 301. The maximum atomic E-state index is 7.48. The molecule has 0 amide bonds. The van der Waals surface area contributed by atoms with Crippen LogP contribution in [0.4, 0.5) is 5.82 Å². The van der Waals surface area contributed by atoms with Crippen LogP contribution < -0.4 is 11.1 Å². The molecule has 1 rings (SSSR count). The zero-order chi connectivity index (χ0) is 9.84. The number of anilines is 1. The summed E-state index contributed by atoms with van der Waals surface area (Å²) in [5.74, 6) is 0.567. The van der Waals surface area contributed by atoms with Gasteiger partial charge in [-0.15, -0.1) is 0 Å². The zero-order valence-corrected chi connectivity index (χ0v) is 7.26. The third-order valence-corrected chi connectivity index (χ3v) is 1.55. The van der Waals surface area contributed by atoms with Gasteiger partial charge in [-0.1, -0.05) is 0 Å². The Morgan fingerprint density at radius 3 is 2.77 bits per heavy atom. The molecule has 0 atom stereocenters. The SMILES string of the molecule is CN(C(=N)N)C(=N)Nc1ccc[nH]1. The van der Waals surface area contributed by atoms with Gasteiger partial charge in [-0.2, -0.15) is 0 Å². The van der Waals surface area contributed by atoms with Gasteiger partial charge in [0.2, 0.25) is 5.96 Å². The molecule has 0 bridgehead atoms. The number of aromatic amines is 1. The average Bonchev–Trinajstić information content (AvgIpc) is 2.55. The van der Waals surface area contributed by atoms with E-state index in [1.54, 1.807) is 19.3 Å². The van der Waals surface area contributed by atoms with Gasteiger partial charge in [0, 0.05) is 13.2 Å². The second kappa shape index (κ2) is 3.61. The normalized spacial score (nSPS) is 9.31. The second-order valence-electron chi connectivity index (χ2n) is 2.50. The number of guanidine groups is 2. The lowest BCUT2D eigenvalue weighted by Gasteiger charge is -2.17. The van der Waals surface area contributed by atoms with Crippen LogP contribution in [0.1, 0.15) is 0 Å². The minimum atomic E-state index is -0.177. The number of hydrogen-bond donors (Lipinski definition) is 5. The van der Waals surface area contributed by atoms with Gasteiger partial charge in [-0.05, 0) is 12.1 Å². The molecule has 1 aromatic rings. The Morgan fingerprint density at radius 2 is 2.31 bits per heavy atom. The minimum Gasteiger partial charge on any atom is -0.370 e. The van der Waals surface area contributed by atoms with Crippen molar-refractivity contribution in [3.8, 4) is 0 Å². The van der Waals surface area contributed by atoms with Crippen molar-refractivity contribution in [1.82, 2.24) is 9.88 Å². The number of H-pyrrole nitrogens is 1. The highest BCUT2D eigenvalue weighted by Gasteiger charge is 2.06. The summed E-state index contributed by atoms with van der Waals surface area (Å²) in [6.45, 7) is 0. The van der Waals surface area contributed by atoms with Gasteiger partial charge in [0.15, 0.2) is 5.96 Å². The maximum absolute atomic E-state index is 7.48. The van der Waals surface area contributed by atoms with Gasteiger partial charge < -0.3 is 16.0 Å². The van der Waals surface area contributed by atoms with Crippen LogP contribution in [0.15, 0.2) is 18.3 Å². The Morgan fingerprint density at radius 1 is 1.62 bits per heavy atom. The molecule has 6 nitrogen and oxygen atoms in total. The van der Waals surface area contributed by atoms with Crippen molar-refractivity contribution in [2.24, 2.45) is 5.73 Å². The minimum absolute atomic E-state index is 0.0509. The molecule has 70 valence electrons. The topological polar surface area (TPSA) is 105 Å². The number of nitrogens with one attached hydrogen (secondary N) is 4. The van der Waals surface area contributed by atoms with E-state index < -0.39 is 0 Å². The van der Waals surface area contributed by atoms with Gasteiger partial charge in [0.05, 0.1) is 0 Å². The molecule has 13 heavy (non-hydrogen) atoms. The molecule has 0 unspecified atom stereocenters. The van der Waals surface area contributed by atoms with E-state index in [0.717, 1.165) is 0 Å². The fraction of sp³-hybridized carbons (Fsp3) is 0.143. The molecule has 0 saturated heterocycles. The lowest BCUT2D eigenvalue weighted by molar-refractivity contribution is 0.724. The first-order chi connectivity index (χ1) is 6.11. The molecule has 0 aromatic carbocycles. The van der Waals surface area contributed by atoms with Crippen molar-refractivity contribution in [2.75, 3.05) is 12.4 Å². The van der Waals surface area contributed by atoms with E-state index in [1.165, 1.54) is 4.90 Å². The van der Waals surface area contributed by atoms with Crippen molar-refractivity contribution in [3.05, 3.63) is 18.3 Å². The zero-order valence-electron chi connectivity index (χ0n) is 7.26. The third kappa shape index (κ3) is 2.22. The highest BCUT2D eigenvalue weighted by Crippen LogP contribution is 2.01. The van der Waals surface area contributed by atoms with E-state index in [4.69, 9.17) is 16.6 Å². The highest BCUT2D eigenvalue weighted by molar-refractivity contribution is 6.01. The summed E-state index contributed by atoms with van der Waals surface area (Å²) < 4.78 is 0. The molecule has 0 aliphatic rings. The molecule has 0 aliphatic heterocycles. The van der Waals surface area contributed by atoms with Crippen molar-refractivity contribution < 1.29 is 0 Å². The van der Waals surface area contributed by atoms with Crippen LogP contribution in [-0.4, -0.2) is 28.9 Å². The fourth-order valence-corrected chi connectivity index (χ4v) is 0.740. The van der Waals surface area contributed by atoms with E-state index >= 15 is 0 Å². The summed E-state index contributed by atoms with van der Waals surface area (Å²) in [7, 11) is 1.54. The number of nitrogens with zero attached hydrogens (tertiary/aromatic N) is 1. The highest BCUT2D eigenvalue weighted by atomic mass is 15.3. The molecule has 1 heterocycles. The van der Waals surface area contributed by atoms with Gasteiger partial charge in [-0.25, -0.2) is 0 Å². The summed E-state index contributed by atoms with van der Waals surface area (Å²) in [6, 6.07) is 3.59. The predicted octanol–water partition coefficient (Wildman–Crippen LogP) is 0.187. The maximum Gasteiger partial charge on any atom is 0.203 e. The first kappa shape index (κ1) is 9.11. The van der Waals surface area contributed by atoms with Crippen LogP contribution in [0, 0.1) is 10.8 Å². The van der Waals surface area contributed by atoms with Crippen molar-refractivity contribution in [3.63, 3.8) is 0 Å². The number of nitrogens with two attached hydrogens (primary N) is 1. The van der Waals surface area contributed by atoms with Crippen molar-refractivity contribution in [1.29, 1.82) is 10.8 Å². The second-order valence-corrected chi connectivity index (χ2v) is 2.50. The summed E-state index contributed by atoms with van der Waals surface area (Å²) in [6.07, 6.45) is 1.74. The predicted molar refractivity (Wildman–Crippen MR) is 51.8 cm³/mol. The Labute approximate surface area is 75.8 Å². The molecule has 6 N–H and O–H groups in total. The van der Waals surface area contributed by atoms with E-state index in [-0.39, 0.29) is 11.9 Å². The first-order valence-electron chi connectivity index (χ1n) is 3.68. The van der Waals surface area contributed by atoms with Crippen LogP contribution in [0.5, 0.6) is 0 Å². The molecule has 0 saturated carbocycles. The van der Waals surface area contributed by atoms with E-state index in [2.05, 4.69) is 10.3 Å². The van der Waals surface area contributed by atoms with E-state index in [0.29, 0.717) is 5.82 Å². The Hall–Kier alpha value is -1.98. The molecule has 0 fully saturated rings. The quantitative estimate of drug-likeness (QED) is 0.314. The largest absolute Gasteiger partial charge is 0.370 e. The lowest BCUT2D eigenvalue weighted by Crippen LogP contribution is -2.41. The van der Waals surface area contributed by atoms with Crippen molar-refractivity contribution in [2.45, 2.75) is 0 Å². The van der Waals surface area contributed by atoms with Gasteiger partial charge in [0.1, 0.15) is 5.82 Å². The van der Waals surface area contributed by atoms with Crippen LogP contribution in [0.3, 0.4) is 0 Å².